The number of aryl methyl sites for hydroxylation is 2. The highest BCUT2D eigenvalue weighted by Gasteiger charge is 2.20. The molecule has 0 amide bonds. The lowest BCUT2D eigenvalue weighted by molar-refractivity contribution is -0.120. The molecule has 0 aliphatic carbocycles. The number of carbonyl (C=O) groups is 2. The maximum absolute atomic E-state index is 14.2. The summed E-state index contributed by atoms with van der Waals surface area (Å²) in [5, 5.41) is 5.11. The molecule has 0 radical (unpaired) electrons. The van der Waals surface area contributed by atoms with E-state index in [1.54, 1.807) is 23.7 Å². The number of methoxy groups -OCH3 is 1. The molecule has 156 valence electrons. The number of carbonyl (C=O) groups excluding carboxylic acids is 2. The molecule has 0 saturated heterocycles. The third kappa shape index (κ3) is 4.76. The molecule has 0 aliphatic rings. The standard InChI is InChI=1S/C23H22ClFN2O3/c1-14-11-19(27(26-14)18-6-4-5-17(24)13-18)8-10-22(28)15(2)16-7-9-20(21(25)12-16)23(29)30-3/h4-7,9,11-13,15H,8,10H2,1-3H3. The van der Waals surface area contributed by atoms with Crippen LogP contribution in [0.3, 0.4) is 0 Å². The highest BCUT2D eigenvalue weighted by molar-refractivity contribution is 6.30. The van der Waals surface area contributed by atoms with Gasteiger partial charge in [-0.15, -0.1) is 0 Å². The van der Waals surface area contributed by atoms with Crippen molar-refractivity contribution < 1.29 is 18.7 Å². The van der Waals surface area contributed by atoms with Gasteiger partial charge in [-0.05, 0) is 55.3 Å². The summed E-state index contributed by atoms with van der Waals surface area (Å²) in [6, 6.07) is 13.4. The zero-order chi connectivity index (χ0) is 21.8. The summed E-state index contributed by atoms with van der Waals surface area (Å²) in [7, 11) is 1.19. The van der Waals surface area contributed by atoms with E-state index in [1.165, 1.54) is 19.2 Å². The molecule has 7 heteroatoms. The third-order valence-corrected chi connectivity index (χ3v) is 5.20. The number of nitrogens with zero attached hydrogens (tertiary/aromatic N) is 2. The van der Waals surface area contributed by atoms with Crippen molar-refractivity contribution in [1.82, 2.24) is 9.78 Å². The van der Waals surface area contributed by atoms with Gasteiger partial charge in [0.25, 0.3) is 0 Å². The first kappa shape index (κ1) is 21.7. The van der Waals surface area contributed by atoms with Crippen LogP contribution < -0.4 is 0 Å². The fraction of sp³-hybridized carbons (Fsp3) is 0.261. The highest BCUT2D eigenvalue weighted by atomic mass is 35.5. The number of benzene rings is 2. The lowest BCUT2D eigenvalue weighted by Crippen LogP contribution is -2.13. The Hall–Kier alpha value is -2.99. The van der Waals surface area contributed by atoms with Crippen LogP contribution in [-0.4, -0.2) is 28.6 Å². The van der Waals surface area contributed by atoms with E-state index in [0.717, 1.165) is 17.1 Å². The Morgan fingerprint density at radius 2 is 1.97 bits per heavy atom. The molecule has 3 aromatic rings. The Labute approximate surface area is 179 Å². The smallest absolute Gasteiger partial charge is 0.340 e. The number of aromatic nitrogens is 2. The van der Waals surface area contributed by atoms with Crippen LogP contribution in [-0.2, 0) is 16.0 Å². The Kier molecular flexibility index (Phi) is 6.67. The molecule has 2 aromatic carbocycles. The molecule has 0 aliphatic heterocycles. The third-order valence-electron chi connectivity index (χ3n) is 4.97. The molecule has 0 saturated carbocycles. The van der Waals surface area contributed by atoms with Crippen molar-refractivity contribution in [3.63, 3.8) is 0 Å². The number of halogens is 2. The van der Waals surface area contributed by atoms with Gasteiger partial charge in [0.2, 0.25) is 0 Å². The SMILES string of the molecule is COC(=O)c1ccc(C(C)C(=O)CCc2cc(C)nn2-c2cccc(Cl)c2)cc1F. The summed E-state index contributed by atoms with van der Waals surface area (Å²) in [5.41, 5.74) is 2.92. The van der Waals surface area contributed by atoms with Gasteiger partial charge < -0.3 is 4.74 Å². The Morgan fingerprint density at radius 1 is 1.20 bits per heavy atom. The van der Waals surface area contributed by atoms with Gasteiger partial charge in [-0.3, -0.25) is 4.79 Å². The van der Waals surface area contributed by atoms with Gasteiger partial charge in [0.15, 0.2) is 0 Å². The van der Waals surface area contributed by atoms with E-state index >= 15 is 0 Å². The van der Waals surface area contributed by atoms with E-state index < -0.39 is 17.7 Å². The van der Waals surface area contributed by atoms with Crippen molar-refractivity contribution >= 4 is 23.4 Å². The number of hydrogen-bond donors (Lipinski definition) is 0. The lowest BCUT2D eigenvalue weighted by Gasteiger charge is -2.13. The molecule has 0 bridgehead atoms. The predicted molar refractivity (Wildman–Crippen MR) is 113 cm³/mol. The van der Waals surface area contributed by atoms with E-state index in [-0.39, 0.29) is 17.8 Å². The molecule has 1 atom stereocenters. The molecule has 3 rings (SSSR count). The Morgan fingerprint density at radius 3 is 2.63 bits per heavy atom. The summed E-state index contributed by atoms with van der Waals surface area (Å²) in [6.07, 6.45) is 0.756. The molecule has 1 unspecified atom stereocenters. The summed E-state index contributed by atoms with van der Waals surface area (Å²) >= 11 is 6.09. The van der Waals surface area contributed by atoms with Crippen LogP contribution in [0.5, 0.6) is 0 Å². The molecular formula is C23H22ClFN2O3. The minimum Gasteiger partial charge on any atom is -0.465 e. The van der Waals surface area contributed by atoms with Gasteiger partial charge in [-0.2, -0.15) is 5.10 Å². The largest absolute Gasteiger partial charge is 0.465 e. The molecule has 0 N–H and O–H groups in total. The van der Waals surface area contributed by atoms with E-state index in [0.29, 0.717) is 17.0 Å². The van der Waals surface area contributed by atoms with Crippen LogP contribution in [0.25, 0.3) is 5.69 Å². The quantitative estimate of drug-likeness (QED) is 0.493. The van der Waals surface area contributed by atoms with Gasteiger partial charge in [0.05, 0.1) is 24.1 Å². The minimum atomic E-state index is -0.748. The number of ketones is 1. The van der Waals surface area contributed by atoms with E-state index in [4.69, 9.17) is 11.6 Å². The average molecular weight is 429 g/mol. The van der Waals surface area contributed by atoms with E-state index in [1.807, 2.05) is 31.2 Å². The zero-order valence-electron chi connectivity index (χ0n) is 17.0. The van der Waals surface area contributed by atoms with Gasteiger partial charge >= 0.3 is 5.97 Å². The first-order valence-corrected chi connectivity index (χ1v) is 9.90. The molecule has 1 aromatic heterocycles. The number of esters is 1. The van der Waals surface area contributed by atoms with Crippen LogP contribution in [0.4, 0.5) is 4.39 Å². The number of hydrogen-bond acceptors (Lipinski definition) is 4. The normalized spacial score (nSPS) is 11.9. The molecule has 30 heavy (non-hydrogen) atoms. The van der Waals surface area contributed by atoms with Crippen molar-refractivity contribution in [2.45, 2.75) is 32.6 Å². The first-order chi connectivity index (χ1) is 14.3. The van der Waals surface area contributed by atoms with Gasteiger partial charge in [-0.1, -0.05) is 30.7 Å². The van der Waals surface area contributed by atoms with Crippen molar-refractivity contribution in [2.75, 3.05) is 7.11 Å². The maximum atomic E-state index is 14.2. The summed E-state index contributed by atoms with van der Waals surface area (Å²) in [5.74, 6) is -1.98. The second kappa shape index (κ2) is 9.22. The lowest BCUT2D eigenvalue weighted by atomic mass is 9.92. The number of Topliss-reactive ketones (excluding diaryl/α,β-unsaturated/α-hetero) is 1. The zero-order valence-corrected chi connectivity index (χ0v) is 17.7. The van der Waals surface area contributed by atoms with E-state index in [2.05, 4.69) is 9.84 Å². The predicted octanol–water partition coefficient (Wildman–Crippen LogP) is 5.07. The number of ether oxygens (including phenoxy) is 1. The topological polar surface area (TPSA) is 61.2 Å². The highest BCUT2D eigenvalue weighted by Crippen LogP contribution is 2.23. The Balaban J connectivity index is 1.73. The van der Waals surface area contributed by atoms with Crippen molar-refractivity contribution in [1.29, 1.82) is 0 Å². The molecular weight excluding hydrogens is 407 g/mol. The molecule has 0 spiro atoms. The van der Waals surface area contributed by atoms with Crippen molar-refractivity contribution in [3.8, 4) is 5.69 Å². The van der Waals surface area contributed by atoms with Crippen LogP contribution in [0, 0.1) is 12.7 Å². The minimum absolute atomic E-state index is 0.0308. The van der Waals surface area contributed by atoms with Crippen molar-refractivity contribution in [3.05, 3.63) is 81.9 Å². The van der Waals surface area contributed by atoms with Crippen LogP contribution in [0.15, 0.2) is 48.5 Å². The van der Waals surface area contributed by atoms with Crippen LogP contribution >= 0.6 is 11.6 Å². The molecule has 0 fully saturated rings. The second-order valence-electron chi connectivity index (χ2n) is 7.09. The molecule has 1 heterocycles. The van der Waals surface area contributed by atoms with Crippen LogP contribution in [0.1, 0.15) is 46.6 Å². The van der Waals surface area contributed by atoms with Gasteiger partial charge in [0, 0.05) is 23.1 Å². The first-order valence-electron chi connectivity index (χ1n) is 9.52. The monoisotopic (exact) mass is 428 g/mol. The summed E-state index contributed by atoms with van der Waals surface area (Å²) < 4.78 is 20.5. The average Bonchev–Trinajstić information content (AvgIpc) is 3.11. The Bertz CT molecular complexity index is 1090. The van der Waals surface area contributed by atoms with Crippen molar-refractivity contribution in [2.24, 2.45) is 0 Å². The van der Waals surface area contributed by atoms with Crippen LogP contribution in [0.2, 0.25) is 5.02 Å². The van der Waals surface area contributed by atoms with E-state index in [9.17, 15) is 14.0 Å². The summed E-state index contributed by atoms with van der Waals surface area (Å²) in [4.78, 5) is 24.3. The van der Waals surface area contributed by atoms with Gasteiger partial charge in [-0.25, -0.2) is 13.9 Å². The second-order valence-corrected chi connectivity index (χ2v) is 7.52. The fourth-order valence-corrected chi connectivity index (χ4v) is 3.48. The fourth-order valence-electron chi connectivity index (χ4n) is 3.29. The maximum Gasteiger partial charge on any atom is 0.340 e. The summed E-state index contributed by atoms with van der Waals surface area (Å²) in [6.45, 7) is 3.62. The number of rotatable bonds is 7. The molecule has 5 nitrogen and oxygen atoms in total. The van der Waals surface area contributed by atoms with Gasteiger partial charge in [0.1, 0.15) is 11.6 Å².